The molecule has 0 saturated heterocycles. The number of halogens is 2. The van der Waals surface area contributed by atoms with E-state index in [-0.39, 0.29) is 0 Å². The summed E-state index contributed by atoms with van der Waals surface area (Å²) in [5.41, 5.74) is 3.23. The van der Waals surface area contributed by atoms with Gasteiger partial charge in [0.05, 0.1) is 9.90 Å². The van der Waals surface area contributed by atoms with E-state index >= 15 is 0 Å². The van der Waals surface area contributed by atoms with Gasteiger partial charge >= 0.3 is 0 Å². The van der Waals surface area contributed by atoms with E-state index in [1.807, 2.05) is 24.4 Å². The van der Waals surface area contributed by atoms with E-state index in [0.29, 0.717) is 5.02 Å². The maximum Gasteiger partial charge on any atom is 0.227 e. The topological polar surface area (TPSA) is 28.7 Å². The number of aromatic nitrogens is 2. The molecule has 0 radical (unpaired) electrons. The smallest absolute Gasteiger partial charge is 0.227 e. The minimum Gasteiger partial charge on any atom is -0.344 e. The number of nitrogens with zero attached hydrogens (tertiary/aromatic N) is 1. The number of nitrogens with one attached hydrogen (secondary N) is 1. The monoisotopic (exact) mass is 421 g/mol. The summed E-state index contributed by atoms with van der Waals surface area (Å²) in [5.74, 6) is 0.838. The van der Waals surface area contributed by atoms with Crippen LogP contribution in [0.2, 0.25) is 10.0 Å². The minimum atomic E-state index is 0.655. The van der Waals surface area contributed by atoms with Crippen LogP contribution in [0, 0.1) is 11.6 Å². The van der Waals surface area contributed by atoms with Gasteiger partial charge in [-0.15, -0.1) is 11.3 Å². The largest absolute Gasteiger partial charge is 0.344 e. The zero-order valence-electron chi connectivity index (χ0n) is 14.6. The van der Waals surface area contributed by atoms with E-state index in [1.54, 1.807) is 17.5 Å². The molecule has 5 aromatic rings. The third-order valence-electron chi connectivity index (χ3n) is 4.73. The van der Waals surface area contributed by atoms with E-state index in [4.69, 9.17) is 23.2 Å². The summed E-state index contributed by atoms with van der Waals surface area (Å²) in [7, 11) is 0. The standard InChI is InChI=1S/C23H15Cl2N2S/c24-15-8-9-17(20(25)12-15)19-13-21(28-22(19)23-26-10-11-27-23)18-7-3-5-14-4-1-2-6-16(14)18/h1-13,24H,(H,26,27)/q+1. The predicted molar refractivity (Wildman–Crippen MR) is 116 cm³/mol. The van der Waals surface area contributed by atoms with Crippen molar-refractivity contribution in [2.24, 2.45) is 0 Å². The Morgan fingerprint density at radius 1 is 0.893 bits per heavy atom. The first-order valence-corrected chi connectivity index (χ1v) is 10.4. The molecule has 5 rings (SSSR count). The molecule has 0 saturated carbocycles. The second kappa shape index (κ2) is 7.10. The molecule has 0 atom stereocenters. The van der Waals surface area contributed by atoms with Gasteiger partial charge in [-0.1, -0.05) is 54.1 Å². The van der Waals surface area contributed by atoms with Crippen LogP contribution < -0.4 is 0 Å². The fourth-order valence-electron chi connectivity index (χ4n) is 3.44. The Hall–Kier alpha value is -2.59. The summed E-state index contributed by atoms with van der Waals surface area (Å²) >= 11 is 13.5. The second-order valence-corrected chi connectivity index (χ2v) is 8.39. The van der Waals surface area contributed by atoms with Gasteiger partial charge in [0.1, 0.15) is 5.82 Å². The van der Waals surface area contributed by atoms with E-state index < -0.39 is 0 Å². The van der Waals surface area contributed by atoms with Gasteiger partial charge in [-0.2, -0.15) is 0 Å². The second-order valence-electron chi connectivity index (χ2n) is 6.46. The summed E-state index contributed by atoms with van der Waals surface area (Å²) in [6.45, 7) is 0. The summed E-state index contributed by atoms with van der Waals surface area (Å²) in [6, 6.07) is 22.8. The van der Waals surface area contributed by atoms with Crippen LogP contribution in [0.15, 0.2) is 79.1 Å². The van der Waals surface area contributed by atoms with Gasteiger partial charge in [-0.05, 0) is 28.5 Å². The zero-order valence-corrected chi connectivity index (χ0v) is 17.0. The Bertz CT molecular complexity index is 1280. The van der Waals surface area contributed by atoms with Crippen molar-refractivity contribution in [3.05, 3.63) is 89.2 Å². The lowest BCUT2D eigenvalue weighted by Gasteiger charge is -2.04. The molecular formula is C23H15Cl2N2S+. The zero-order chi connectivity index (χ0) is 19.1. The van der Waals surface area contributed by atoms with Crippen LogP contribution in [0.4, 0.5) is 0 Å². The van der Waals surface area contributed by atoms with Gasteiger partial charge in [-0.3, -0.25) is 0 Å². The number of H-pyrrole nitrogens is 1. The molecule has 0 aliphatic heterocycles. The first kappa shape index (κ1) is 17.5. The highest BCUT2D eigenvalue weighted by molar-refractivity contribution is 7.19. The molecule has 2 aromatic heterocycles. The Balaban J connectivity index is 1.77. The highest BCUT2D eigenvalue weighted by Crippen LogP contribution is 2.45. The molecule has 0 bridgehead atoms. The molecule has 0 aliphatic rings. The molecule has 0 fully saturated rings. The van der Waals surface area contributed by atoms with Gasteiger partial charge in [0.15, 0.2) is 11.6 Å². The maximum absolute atomic E-state index is 6.56. The molecule has 28 heavy (non-hydrogen) atoms. The van der Waals surface area contributed by atoms with Gasteiger partial charge in [0.2, 0.25) is 5.02 Å². The number of benzene rings is 3. The SMILES string of the molecule is Clc1cc([ClH+])ccc1-c1cc(-c2cccc3ccccc23)sc1-c1ncc[nH]1. The van der Waals surface area contributed by atoms with Crippen LogP contribution in [-0.4, -0.2) is 9.97 Å². The first-order valence-electron chi connectivity index (χ1n) is 8.79. The quantitative estimate of drug-likeness (QED) is 0.334. The summed E-state index contributed by atoms with van der Waals surface area (Å²) in [5, 5.41) is 3.85. The Morgan fingerprint density at radius 3 is 2.57 bits per heavy atom. The number of hydrogen-bond donors (Lipinski definition) is 1. The number of hydrogen-bond acceptors (Lipinski definition) is 2. The van der Waals surface area contributed by atoms with Crippen LogP contribution >= 0.6 is 22.9 Å². The van der Waals surface area contributed by atoms with Crippen LogP contribution in [0.1, 0.15) is 0 Å². The van der Waals surface area contributed by atoms with Crippen LogP contribution in [0.25, 0.3) is 43.0 Å². The molecule has 2 nitrogen and oxygen atoms in total. The van der Waals surface area contributed by atoms with Crippen molar-refractivity contribution in [1.82, 2.24) is 9.97 Å². The van der Waals surface area contributed by atoms with Gasteiger partial charge in [0, 0.05) is 40.5 Å². The molecule has 0 aliphatic carbocycles. The third-order valence-corrected chi connectivity index (χ3v) is 6.47. The van der Waals surface area contributed by atoms with E-state index in [2.05, 4.69) is 58.5 Å². The molecule has 136 valence electrons. The summed E-state index contributed by atoms with van der Waals surface area (Å²) < 4.78 is 0. The van der Waals surface area contributed by atoms with Crippen LogP contribution in [0.3, 0.4) is 0 Å². The summed E-state index contributed by atoms with van der Waals surface area (Å²) in [4.78, 5) is 9.95. The molecule has 0 amide bonds. The average Bonchev–Trinajstić information content (AvgIpc) is 3.37. The van der Waals surface area contributed by atoms with Gasteiger partial charge < -0.3 is 4.98 Å². The average molecular weight is 422 g/mol. The van der Waals surface area contributed by atoms with E-state index in [1.165, 1.54) is 21.2 Å². The summed E-state index contributed by atoms with van der Waals surface area (Å²) in [6.07, 6.45) is 3.61. The number of imidazole rings is 1. The molecule has 1 N–H and O–H groups in total. The fraction of sp³-hybridized carbons (Fsp3) is 0. The third kappa shape index (κ3) is 3.02. The van der Waals surface area contributed by atoms with Crippen molar-refractivity contribution in [2.75, 3.05) is 0 Å². The van der Waals surface area contributed by atoms with Crippen molar-refractivity contribution in [1.29, 1.82) is 0 Å². The Morgan fingerprint density at radius 2 is 1.75 bits per heavy atom. The van der Waals surface area contributed by atoms with Crippen molar-refractivity contribution >= 4 is 33.7 Å². The molecule has 3 aromatic carbocycles. The van der Waals surface area contributed by atoms with Crippen molar-refractivity contribution < 1.29 is 11.6 Å². The molecule has 5 heteroatoms. The molecule has 2 heterocycles. The molecule has 0 spiro atoms. The van der Waals surface area contributed by atoms with Gasteiger partial charge in [-0.25, -0.2) is 4.98 Å². The lowest BCUT2D eigenvalue weighted by atomic mass is 10.0. The molecule has 0 unspecified atom stereocenters. The lowest BCUT2D eigenvalue weighted by molar-refractivity contribution is -0.288. The van der Waals surface area contributed by atoms with Crippen molar-refractivity contribution in [3.63, 3.8) is 0 Å². The van der Waals surface area contributed by atoms with E-state index in [0.717, 1.165) is 26.9 Å². The highest BCUT2D eigenvalue weighted by Gasteiger charge is 2.19. The number of thiophene rings is 1. The Kier molecular flexibility index (Phi) is 4.44. The van der Waals surface area contributed by atoms with E-state index in [9.17, 15) is 0 Å². The Labute approximate surface area is 176 Å². The first-order chi connectivity index (χ1) is 13.7. The number of aromatic amines is 1. The van der Waals surface area contributed by atoms with Crippen LogP contribution in [0.5, 0.6) is 0 Å². The predicted octanol–water partition coefficient (Wildman–Crippen LogP) is 6.98. The lowest BCUT2D eigenvalue weighted by Crippen LogP contribution is -1.83. The minimum absolute atomic E-state index is 0.655. The van der Waals surface area contributed by atoms with Gasteiger partial charge in [0.25, 0.3) is 0 Å². The maximum atomic E-state index is 6.56. The fourth-order valence-corrected chi connectivity index (χ4v) is 5.15. The number of fused-ring (bicyclic) bond motifs is 1. The normalized spacial score (nSPS) is 11.2. The molecular weight excluding hydrogens is 407 g/mol. The van der Waals surface area contributed by atoms with Crippen LogP contribution in [-0.2, 0) is 0 Å². The number of rotatable bonds is 3. The van der Waals surface area contributed by atoms with Crippen molar-refractivity contribution in [3.8, 4) is 32.3 Å². The van der Waals surface area contributed by atoms with Crippen molar-refractivity contribution in [2.45, 2.75) is 0 Å². The highest BCUT2D eigenvalue weighted by atomic mass is 35.5.